The minimum absolute atomic E-state index is 0.240. The molecule has 1 unspecified atom stereocenters. The first kappa shape index (κ1) is 14.5. The highest BCUT2D eigenvalue weighted by Crippen LogP contribution is 2.20. The maximum absolute atomic E-state index is 12.0. The molecule has 0 aromatic carbocycles. The predicted octanol–water partition coefficient (Wildman–Crippen LogP) is 0.628. The molecular formula is C12H21N3O3. The standard InChI is InChI=1S/C12H21N3O3/c1-5-6-9(16)7-13-11(17)10-8(2)14-15(3)12(10)18-4/h9,16H,5-7H2,1-4H3,(H,13,17). The number of nitrogens with one attached hydrogen (secondary N) is 1. The summed E-state index contributed by atoms with van der Waals surface area (Å²) >= 11 is 0. The first-order valence-electron chi connectivity index (χ1n) is 6.05. The van der Waals surface area contributed by atoms with E-state index in [0.29, 0.717) is 23.6 Å². The monoisotopic (exact) mass is 255 g/mol. The number of carbonyl (C=O) groups is 1. The molecule has 1 heterocycles. The highest BCUT2D eigenvalue weighted by molar-refractivity contribution is 5.97. The van der Waals surface area contributed by atoms with Gasteiger partial charge in [-0.15, -0.1) is 0 Å². The third-order valence-electron chi connectivity index (χ3n) is 2.71. The zero-order valence-corrected chi connectivity index (χ0v) is 11.4. The summed E-state index contributed by atoms with van der Waals surface area (Å²) in [6.45, 7) is 3.98. The van der Waals surface area contributed by atoms with Gasteiger partial charge in [0.25, 0.3) is 5.91 Å². The van der Waals surface area contributed by atoms with E-state index in [1.54, 1.807) is 14.0 Å². The van der Waals surface area contributed by atoms with E-state index in [0.717, 1.165) is 6.42 Å². The van der Waals surface area contributed by atoms with Crippen molar-refractivity contribution in [1.29, 1.82) is 0 Å². The van der Waals surface area contributed by atoms with Crippen molar-refractivity contribution in [2.24, 2.45) is 7.05 Å². The van der Waals surface area contributed by atoms with E-state index in [1.807, 2.05) is 6.92 Å². The summed E-state index contributed by atoms with van der Waals surface area (Å²) in [6, 6.07) is 0. The van der Waals surface area contributed by atoms with E-state index in [1.165, 1.54) is 11.8 Å². The maximum atomic E-state index is 12.0. The molecule has 0 spiro atoms. The van der Waals surface area contributed by atoms with Gasteiger partial charge in [0, 0.05) is 13.6 Å². The third-order valence-corrected chi connectivity index (χ3v) is 2.71. The molecule has 2 N–H and O–H groups in total. The number of aryl methyl sites for hydroxylation is 2. The summed E-state index contributed by atoms with van der Waals surface area (Å²) in [5.74, 6) is 0.155. The lowest BCUT2D eigenvalue weighted by atomic mass is 10.2. The van der Waals surface area contributed by atoms with Gasteiger partial charge in [-0.05, 0) is 13.3 Å². The van der Waals surface area contributed by atoms with Crippen molar-refractivity contribution in [1.82, 2.24) is 15.1 Å². The van der Waals surface area contributed by atoms with Gasteiger partial charge in [0.2, 0.25) is 5.88 Å². The Morgan fingerprint density at radius 1 is 1.61 bits per heavy atom. The van der Waals surface area contributed by atoms with Crippen LogP contribution in [0.3, 0.4) is 0 Å². The van der Waals surface area contributed by atoms with Crippen LogP contribution in [0.4, 0.5) is 0 Å². The van der Waals surface area contributed by atoms with Crippen molar-refractivity contribution >= 4 is 5.91 Å². The predicted molar refractivity (Wildman–Crippen MR) is 67.7 cm³/mol. The minimum Gasteiger partial charge on any atom is -0.481 e. The summed E-state index contributed by atoms with van der Waals surface area (Å²) in [5.41, 5.74) is 1.03. The van der Waals surface area contributed by atoms with Crippen LogP contribution in [0.1, 0.15) is 35.8 Å². The summed E-state index contributed by atoms with van der Waals surface area (Å²) < 4.78 is 6.67. The maximum Gasteiger partial charge on any atom is 0.258 e. The Balaban J connectivity index is 2.72. The van der Waals surface area contributed by atoms with Crippen LogP contribution in [-0.2, 0) is 7.05 Å². The lowest BCUT2D eigenvalue weighted by Crippen LogP contribution is -2.32. The number of methoxy groups -OCH3 is 1. The molecular weight excluding hydrogens is 234 g/mol. The van der Waals surface area contributed by atoms with Gasteiger partial charge < -0.3 is 15.2 Å². The summed E-state index contributed by atoms with van der Waals surface area (Å²) in [6.07, 6.45) is 1.04. The zero-order valence-electron chi connectivity index (χ0n) is 11.4. The topological polar surface area (TPSA) is 76.4 Å². The normalized spacial score (nSPS) is 12.3. The van der Waals surface area contributed by atoms with Crippen LogP contribution in [0.25, 0.3) is 0 Å². The Hall–Kier alpha value is -1.56. The van der Waals surface area contributed by atoms with E-state index in [9.17, 15) is 9.90 Å². The molecule has 102 valence electrons. The Bertz CT molecular complexity index is 415. The fourth-order valence-electron chi connectivity index (χ4n) is 1.87. The molecule has 0 aliphatic rings. The smallest absolute Gasteiger partial charge is 0.258 e. The average molecular weight is 255 g/mol. The number of ether oxygens (including phenoxy) is 1. The lowest BCUT2D eigenvalue weighted by molar-refractivity contribution is 0.0906. The van der Waals surface area contributed by atoms with Gasteiger partial charge in [-0.1, -0.05) is 13.3 Å². The minimum atomic E-state index is -0.512. The van der Waals surface area contributed by atoms with Gasteiger partial charge in [-0.3, -0.25) is 4.79 Å². The van der Waals surface area contributed by atoms with E-state index in [-0.39, 0.29) is 12.5 Å². The Morgan fingerprint density at radius 3 is 2.83 bits per heavy atom. The number of nitrogens with zero attached hydrogens (tertiary/aromatic N) is 2. The summed E-state index contributed by atoms with van der Waals surface area (Å²) in [5, 5.41) is 16.4. The van der Waals surface area contributed by atoms with Crippen molar-refractivity contribution in [3.05, 3.63) is 11.3 Å². The van der Waals surface area contributed by atoms with Crippen LogP contribution in [0.2, 0.25) is 0 Å². The van der Waals surface area contributed by atoms with Crippen LogP contribution < -0.4 is 10.1 Å². The zero-order chi connectivity index (χ0) is 13.7. The van der Waals surface area contributed by atoms with E-state index >= 15 is 0 Å². The fraction of sp³-hybridized carbons (Fsp3) is 0.667. The molecule has 1 rings (SSSR count). The number of hydrogen-bond acceptors (Lipinski definition) is 4. The van der Waals surface area contributed by atoms with E-state index in [2.05, 4.69) is 10.4 Å². The molecule has 0 aliphatic heterocycles. The van der Waals surface area contributed by atoms with E-state index < -0.39 is 6.10 Å². The third kappa shape index (κ3) is 3.22. The van der Waals surface area contributed by atoms with Crippen LogP contribution in [-0.4, -0.2) is 40.6 Å². The van der Waals surface area contributed by atoms with Crippen molar-refractivity contribution in [3.8, 4) is 5.88 Å². The van der Waals surface area contributed by atoms with Crippen molar-refractivity contribution < 1.29 is 14.6 Å². The largest absolute Gasteiger partial charge is 0.481 e. The molecule has 0 fully saturated rings. The summed E-state index contributed by atoms with van der Waals surface area (Å²) in [7, 11) is 3.22. The van der Waals surface area contributed by atoms with Gasteiger partial charge >= 0.3 is 0 Å². The fourth-order valence-corrected chi connectivity index (χ4v) is 1.87. The van der Waals surface area contributed by atoms with Gasteiger partial charge in [0.05, 0.1) is 18.9 Å². The molecule has 0 saturated heterocycles. The van der Waals surface area contributed by atoms with Crippen LogP contribution >= 0.6 is 0 Å². The number of hydrogen-bond donors (Lipinski definition) is 2. The number of aliphatic hydroxyl groups is 1. The van der Waals surface area contributed by atoms with Crippen molar-refractivity contribution in [3.63, 3.8) is 0 Å². The Labute approximate surface area is 107 Å². The number of aromatic nitrogens is 2. The molecule has 1 aromatic rings. The molecule has 1 amide bonds. The number of amides is 1. The van der Waals surface area contributed by atoms with Crippen molar-refractivity contribution in [2.75, 3.05) is 13.7 Å². The van der Waals surface area contributed by atoms with Crippen LogP contribution in [0, 0.1) is 6.92 Å². The molecule has 0 radical (unpaired) electrons. The molecule has 0 saturated carbocycles. The van der Waals surface area contributed by atoms with Gasteiger partial charge in [0.15, 0.2) is 0 Å². The number of aliphatic hydroxyl groups excluding tert-OH is 1. The quantitative estimate of drug-likeness (QED) is 0.781. The molecule has 6 nitrogen and oxygen atoms in total. The molecule has 0 bridgehead atoms. The second-order valence-electron chi connectivity index (χ2n) is 4.25. The second kappa shape index (κ2) is 6.39. The first-order valence-corrected chi connectivity index (χ1v) is 6.05. The lowest BCUT2D eigenvalue weighted by Gasteiger charge is -2.11. The Morgan fingerprint density at radius 2 is 2.28 bits per heavy atom. The van der Waals surface area contributed by atoms with Crippen LogP contribution in [0.15, 0.2) is 0 Å². The van der Waals surface area contributed by atoms with Crippen LogP contribution in [0.5, 0.6) is 5.88 Å². The van der Waals surface area contributed by atoms with Gasteiger partial charge in [0.1, 0.15) is 5.56 Å². The van der Waals surface area contributed by atoms with Crippen molar-refractivity contribution in [2.45, 2.75) is 32.8 Å². The average Bonchev–Trinajstić information content (AvgIpc) is 2.60. The molecule has 18 heavy (non-hydrogen) atoms. The van der Waals surface area contributed by atoms with Gasteiger partial charge in [-0.25, -0.2) is 4.68 Å². The SMILES string of the molecule is CCCC(O)CNC(=O)c1c(C)nn(C)c1OC. The highest BCUT2D eigenvalue weighted by atomic mass is 16.5. The van der Waals surface area contributed by atoms with Gasteiger partial charge in [-0.2, -0.15) is 5.10 Å². The first-order chi connectivity index (χ1) is 8.51. The highest BCUT2D eigenvalue weighted by Gasteiger charge is 2.21. The second-order valence-corrected chi connectivity index (χ2v) is 4.25. The number of carbonyl (C=O) groups excluding carboxylic acids is 1. The number of rotatable bonds is 6. The molecule has 1 atom stereocenters. The van der Waals surface area contributed by atoms with E-state index in [4.69, 9.17) is 4.74 Å². The molecule has 0 aliphatic carbocycles. The Kier molecular flexibility index (Phi) is 5.15. The molecule has 1 aromatic heterocycles. The summed E-state index contributed by atoms with van der Waals surface area (Å²) in [4.78, 5) is 12.0. The molecule has 6 heteroatoms.